The number of carbonyl (C=O) groups excluding carboxylic acids is 3. The Morgan fingerprint density at radius 3 is 2.05 bits per heavy atom. The molecule has 2 aromatic rings. The van der Waals surface area contributed by atoms with Crippen molar-refractivity contribution < 1.29 is 14.4 Å². The Hall–Kier alpha value is -3.35. The van der Waals surface area contributed by atoms with Crippen LogP contribution in [0.5, 0.6) is 0 Å². The molecule has 6 N–H and O–H groups in total. The summed E-state index contributed by atoms with van der Waals surface area (Å²) in [5.41, 5.74) is 11.4. The number of ketones is 1. The van der Waals surface area contributed by atoms with Crippen molar-refractivity contribution in [3.8, 4) is 0 Å². The van der Waals surface area contributed by atoms with Gasteiger partial charge in [0.05, 0.1) is 5.69 Å². The van der Waals surface area contributed by atoms with E-state index in [0.717, 1.165) is 0 Å². The molecule has 0 heterocycles. The molecular formula is C15H14N4O3. The molecule has 0 aromatic heterocycles. The molecule has 0 unspecified atom stereocenters. The molecule has 0 saturated heterocycles. The third kappa shape index (κ3) is 3.60. The van der Waals surface area contributed by atoms with Crippen LogP contribution in [0.1, 0.15) is 15.9 Å². The first kappa shape index (κ1) is 15.0. The van der Waals surface area contributed by atoms with Crippen LogP contribution < -0.4 is 22.1 Å². The van der Waals surface area contributed by atoms with Gasteiger partial charge in [-0.05, 0) is 18.2 Å². The summed E-state index contributed by atoms with van der Waals surface area (Å²) >= 11 is 0. The van der Waals surface area contributed by atoms with Crippen LogP contribution in [0.15, 0.2) is 48.5 Å². The quantitative estimate of drug-likeness (QED) is 0.643. The van der Waals surface area contributed by atoms with Crippen molar-refractivity contribution in [1.29, 1.82) is 0 Å². The molecule has 0 saturated carbocycles. The molecule has 7 nitrogen and oxygen atoms in total. The fourth-order valence-corrected chi connectivity index (χ4v) is 1.94. The third-order valence-electron chi connectivity index (χ3n) is 2.83. The van der Waals surface area contributed by atoms with Crippen molar-refractivity contribution in [3.05, 3.63) is 59.7 Å². The van der Waals surface area contributed by atoms with Gasteiger partial charge in [0.1, 0.15) is 0 Å². The second kappa shape index (κ2) is 6.40. The van der Waals surface area contributed by atoms with Gasteiger partial charge in [0.2, 0.25) is 0 Å². The van der Waals surface area contributed by atoms with Crippen LogP contribution >= 0.6 is 0 Å². The number of primary amides is 2. The second-order valence-corrected chi connectivity index (χ2v) is 4.43. The van der Waals surface area contributed by atoms with Crippen molar-refractivity contribution in [2.24, 2.45) is 11.5 Å². The number of rotatable bonds is 4. The highest BCUT2D eigenvalue weighted by atomic mass is 16.2. The molecule has 0 aliphatic rings. The van der Waals surface area contributed by atoms with Gasteiger partial charge in [-0.3, -0.25) is 4.79 Å². The molecule has 0 aliphatic carbocycles. The number of amides is 4. The first-order chi connectivity index (χ1) is 10.5. The summed E-state index contributed by atoms with van der Waals surface area (Å²) in [4.78, 5) is 34.5. The highest BCUT2D eigenvalue weighted by Gasteiger charge is 2.15. The maximum atomic E-state index is 12.6. The number of benzene rings is 2. The van der Waals surface area contributed by atoms with Crippen LogP contribution in [-0.4, -0.2) is 17.8 Å². The van der Waals surface area contributed by atoms with Crippen molar-refractivity contribution in [2.45, 2.75) is 0 Å². The van der Waals surface area contributed by atoms with E-state index in [4.69, 9.17) is 11.5 Å². The molecule has 22 heavy (non-hydrogen) atoms. The molecule has 2 rings (SSSR count). The lowest BCUT2D eigenvalue weighted by Gasteiger charge is -2.11. The van der Waals surface area contributed by atoms with Gasteiger partial charge in [-0.25, -0.2) is 9.59 Å². The Morgan fingerprint density at radius 1 is 0.818 bits per heavy atom. The van der Waals surface area contributed by atoms with E-state index < -0.39 is 12.1 Å². The van der Waals surface area contributed by atoms with E-state index in [9.17, 15) is 14.4 Å². The summed E-state index contributed by atoms with van der Waals surface area (Å²) in [6, 6.07) is 11.3. The zero-order valence-corrected chi connectivity index (χ0v) is 11.5. The van der Waals surface area contributed by atoms with E-state index >= 15 is 0 Å². The van der Waals surface area contributed by atoms with E-state index in [1.165, 1.54) is 18.2 Å². The molecule has 0 fully saturated rings. The van der Waals surface area contributed by atoms with Gasteiger partial charge in [0, 0.05) is 16.8 Å². The normalized spacial score (nSPS) is 9.82. The maximum absolute atomic E-state index is 12.6. The second-order valence-electron chi connectivity index (χ2n) is 4.43. The number of hydrogen-bond acceptors (Lipinski definition) is 3. The van der Waals surface area contributed by atoms with Crippen LogP contribution in [0.3, 0.4) is 0 Å². The lowest BCUT2D eigenvalue weighted by Crippen LogP contribution is -2.22. The van der Waals surface area contributed by atoms with Crippen LogP contribution in [0, 0.1) is 0 Å². The molecule has 112 valence electrons. The summed E-state index contributed by atoms with van der Waals surface area (Å²) in [6.45, 7) is 0. The SMILES string of the molecule is NC(=O)Nc1ccc(NC(N)=O)c(C(=O)c2ccccc2)c1. The molecule has 0 aliphatic heterocycles. The van der Waals surface area contributed by atoms with Crippen molar-refractivity contribution >= 4 is 29.2 Å². The minimum Gasteiger partial charge on any atom is -0.351 e. The Bertz CT molecular complexity index is 729. The van der Waals surface area contributed by atoms with Gasteiger partial charge >= 0.3 is 12.1 Å². The number of nitrogens with one attached hydrogen (secondary N) is 2. The van der Waals surface area contributed by atoms with Crippen molar-refractivity contribution in [2.75, 3.05) is 10.6 Å². The fourth-order valence-electron chi connectivity index (χ4n) is 1.94. The number of anilines is 2. The first-order valence-corrected chi connectivity index (χ1v) is 6.34. The Labute approximate surface area is 126 Å². The first-order valence-electron chi connectivity index (χ1n) is 6.34. The molecule has 0 bridgehead atoms. The van der Waals surface area contributed by atoms with Crippen molar-refractivity contribution in [1.82, 2.24) is 0 Å². The van der Waals surface area contributed by atoms with Crippen LogP contribution in [0.2, 0.25) is 0 Å². The average Bonchev–Trinajstić information content (AvgIpc) is 2.48. The number of nitrogens with two attached hydrogens (primary N) is 2. The minimum atomic E-state index is -0.794. The highest BCUT2D eigenvalue weighted by Crippen LogP contribution is 2.23. The molecule has 0 atom stereocenters. The summed E-state index contributed by atoms with van der Waals surface area (Å²) in [5.74, 6) is -0.322. The lowest BCUT2D eigenvalue weighted by molar-refractivity contribution is 0.103. The van der Waals surface area contributed by atoms with Gasteiger partial charge in [0.25, 0.3) is 0 Å². The van der Waals surface area contributed by atoms with Gasteiger partial charge in [0.15, 0.2) is 5.78 Å². The fraction of sp³-hybridized carbons (Fsp3) is 0. The number of hydrogen-bond donors (Lipinski definition) is 4. The molecule has 4 amide bonds. The highest BCUT2D eigenvalue weighted by molar-refractivity contribution is 6.14. The van der Waals surface area contributed by atoms with Crippen LogP contribution in [-0.2, 0) is 0 Å². The Kier molecular flexibility index (Phi) is 4.38. The molecule has 0 radical (unpaired) electrons. The number of urea groups is 2. The van der Waals surface area contributed by atoms with E-state index in [1.807, 2.05) is 0 Å². The summed E-state index contributed by atoms with van der Waals surface area (Å²) < 4.78 is 0. The van der Waals surface area contributed by atoms with Gasteiger partial charge in [-0.1, -0.05) is 30.3 Å². The topological polar surface area (TPSA) is 127 Å². The van der Waals surface area contributed by atoms with Crippen molar-refractivity contribution in [3.63, 3.8) is 0 Å². The zero-order valence-electron chi connectivity index (χ0n) is 11.5. The van der Waals surface area contributed by atoms with Gasteiger partial charge in [-0.2, -0.15) is 0 Å². The summed E-state index contributed by atoms with van der Waals surface area (Å²) in [5, 5.41) is 4.75. The smallest absolute Gasteiger partial charge is 0.316 e. The average molecular weight is 298 g/mol. The zero-order chi connectivity index (χ0) is 16.1. The van der Waals surface area contributed by atoms with Gasteiger partial charge in [-0.15, -0.1) is 0 Å². The predicted octanol–water partition coefficient (Wildman–Crippen LogP) is 1.90. The van der Waals surface area contributed by atoms with Crippen LogP contribution in [0.25, 0.3) is 0 Å². The van der Waals surface area contributed by atoms with Gasteiger partial charge < -0.3 is 22.1 Å². The number of carbonyl (C=O) groups is 3. The van der Waals surface area contributed by atoms with E-state index in [-0.39, 0.29) is 17.0 Å². The molecule has 7 heteroatoms. The lowest BCUT2D eigenvalue weighted by atomic mass is 10.0. The summed E-state index contributed by atoms with van der Waals surface area (Å²) in [6.07, 6.45) is 0. The summed E-state index contributed by atoms with van der Waals surface area (Å²) in [7, 11) is 0. The van der Waals surface area contributed by atoms with E-state index in [1.54, 1.807) is 30.3 Å². The Morgan fingerprint density at radius 2 is 1.45 bits per heavy atom. The monoisotopic (exact) mass is 298 g/mol. The van der Waals surface area contributed by atoms with E-state index in [2.05, 4.69) is 10.6 Å². The molecule has 0 spiro atoms. The third-order valence-corrected chi connectivity index (χ3v) is 2.83. The molecular weight excluding hydrogens is 284 g/mol. The van der Waals surface area contributed by atoms with E-state index in [0.29, 0.717) is 11.3 Å². The standard InChI is InChI=1S/C15H14N4O3/c16-14(21)18-10-6-7-12(19-15(17)22)11(8-10)13(20)9-4-2-1-3-5-9/h1-8H,(H3,16,18,21)(H3,17,19,22). The minimum absolute atomic E-state index is 0.191. The molecule has 2 aromatic carbocycles. The maximum Gasteiger partial charge on any atom is 0.316 e. The largest absolute Gasteiger partial charge is 0.351 e. The van der Waals surface area contributed by atoms with Crippen LogP contribution in [0.4, 0.5) is 21.0 Å². The predicted molar refractivity (Wildman–Crippen MR) is 82.7 cm³/mol. The Balaban J connectivity index is 2.46.